The third-order valence-electron chi connectivity index (χ3n) is 4.22. The third kappa shape index (κ3) is 3.89. The molecule has 0 unspecified atom stereocenters. The number of hydrogen-bond acceptors (Lipinski definition) is 3. The zero-order valence-electron chi connectivity index (χ0n) is 14.4. The Morgan fingerprint density at radius 2 is 2.17 bits per heavy atom. The van der Waals surface area contributed by atoms with Gasteiger partial charge in [-0.15, -0.1) is 0 Å². The van der Waals surface area contributed by atoms with E-state index in [1.165, 1.54) is 11.1 Å². The summed E-state index contributed by atoms with van der Waals surface area (Å²) < 4.78 is 6.61. The molecule has 0 bridgehead atoms. The monoisotopic (exact) mass is 390 g/mol. The second-order valence-corrected chi connectivity index (χ2v) is 8.21. The van der Waals surface area contributed by atoms with Gasteiger partial charge in [-0.1, -0.05) is 28.1 Å². The molecule has 0 aromatic heterocycles. The van der Waals surface area contributed by atoms with Crippen molar-refractivity contribution in [2.45, 2.75) is 51.7 Å². The maximum atomic E-state index is 12.4. The first kappa shape index (κ1) is 17.2. The second-order valence-electron chi connectivity index (χ2n) is 7.29. The Balaban J connectivity index is 1.68. The number of allylic oxidation sites excluding steroid dienone is 1. The van der Waals surface area contributed by atoms with E-state index < -0.39 is 5.60 Å². The highest BCUT2D eigenvalue weighted by Gasteiger charge is 2.36. The summed E-state index contributed by atoms with van der Waals surface area (Å²) in [5.74, 6) is 0. The second kappa shape index (κ2) is 6.71. The SMILES string of the molecule is CC(C)(C)OC(=O)N1CCC[C@H]1C1=NC=C(c2cccc(Br)c2)C1. The predicted octanol–water partition coefficient (Wildman–Crippen LogP) is 5.03. The van der Waals surface area contributed by atoms with Crippen molar-refractivity contribution in [3.05, 3.63) is 40.5 Å². The molecule has 1 fully saturated rings. The van der Waals surface area contributed by atoms with Crippen molar-refractivity contribution < 1.29 is 9.53 Å². The Hall–Kier alpha value is -1.62. The number of amides is 1. The number of benzene rings is 1. The van der Waals surface area contributed by atoms with Crippen LogP contribution in [0.15, 0.2) is 39.9 Å². The average Bonchev–Trinajstić information content (AvgIpc) is 3.14. The normalized spacial score (nSPS) is 20.8. The fraction of sp³-hybridized carbons (Fsp3) is 0.474. The number of aliphatic imine (C=N–C) groups is 1. The van der Waals surface area contributed by atoms with Gasteiger partial charge in [-0.2, -0.15) is 0 Å². The van der Waals surface area contributed by atoms with Crippen LogP contribution in [-0.2, 0) is 4.74 Å². The number of nitrogens with zero attached hydrogens (tertiary/aromatic N) is 2. The molecule has 1 saturated heterocycles. The van der Waals surface area contributed by atoms with Gasteiger partial charge in [0.05, 0.1) is 6.04 Å². The molecule has 0 radical (unpaired) electrons. The molecular weight excluding hydrogens is 368 g/mol. The molecule has 0 spiro atoms. The van der Waals surface area contributed by atoms with Crippen LogP contribution >= 0.6 is 15.9 Å². The van der Waals surface area contributed by atoms with Crippen LogP contribution in [0.1, 0.15) is 45.6 Å². The minimum atomic E-state index is -0.471. The molecule has 1 amide bonds. The Morgan fingerprint density at radius 3 is 2.88 bits per heavy atom. The Bertz CT molecular complexity index is 704. The van der Waals surface area contributed by atoms with E-state index >= 15 is 0 Å². The molecule has 3 rings (SSSR count). The first-order valence-electron chi connectivity index (χ1n) is 8.35. The van der Waals surface area contributed by atoms with E-state index in [1.54, 1.807) is 0 Å². The van der Waals surface area contributed by atoms with Crippen molar-refractivity contribution in [2.24, 2.45) is 4.99 Å². The van der Waals surface area contributed by atoms with Crippen LogP contribution < -0.4 is 0 Å². The van der Waals surface area contributed by atoms with Gasteiger partial charge in [0.25, 0.3) is 0 Å². The summed E-state index contributed by atoms with van der Waals surface area (Å²) >= 11 is 3.51. The van der Waals surface area contributed by atoms with Crippen molar-refractivity contribution in [1.82, 2.24) is 4.90 Å². The fourth-order valence-corrected chi connectivity index (χ4v) is 3.57. The van der Waals surface area contributed by atoms with Crippen molar-refractivity contribution in [2.75, 3.05) is 6.54 Å². The molecule has 5 heteroatoms. The quantitative estimate of drug-likeness (QED) is 0.709. The molecule has 0 saturated carbocycles. The van der Waals surface area contributed by atoms with E-state index in [0.29, 0.717) is 0 Å². The highest BCUT2D eigenvalue weighted by molar-refractivity contribution is 9.10. The first-order chi connectivity index (χ1) is 11.3. The van der Waals surface area contributed by atoms with Crippen molar-refractivity contribution in [1.29, 1.82) is 0 Å². The molecule has 1 aromatic carbocycles. The number of halogens is 1. The van der Waals surface area contributed by atoms with E-state index in [2.05, 4.69) is 33.1 Å². The lowest BCUT2D eigenvalue weighted by Gasteiger charge is -2.28. The van der Waals surface area contributed by atoms with Crippen molar-refractivity contribution in [3.63, 3.8) is 0 Å². The summed E-state index contributed by atoms with van der Waals surface area (Å²) in [6.45, 7) is 6.44. The first-order valence-corrected chi connectivity index (χ1v) is 9.14. The summed E-state index contributed by atoms with van der Waals surface area (Å²) in [4.78, 5) is 18.9. The Kier molecular flexibility index (Phi) is 4.81. The standard InChI is InChI=1S/C19H23BrN2O2/c1-19(2,3)24-18(23)22-9-5-8-17(22)16-11-14(12-21-16)13-6-4-7-15(20)10-13/h4,6-7,10,12,17H,5,8-9,11H2,1-3H3/t17-/m0/s1. The summed E-state index contributed by atoms with van der Waals surface area (Å²) in [6.07, 6.45) is 4.44. The smallest absolute Gasteiger partial charge is 0.410 e. The molecule has 2 aliphatic heterocycles. The molecule has 0 N–H and O–H groups in total. The molecular formula is C19H23BrN2O2. The Morgan fingerprint density at radius 1 is 1.38 bits per heavy atom. The van der Waals surface area contributed by atoms with Crippen LogP contribution in [0.5, 0.6) is 0 Å². The van der Waals surface area contributed by atoms with Crippen molar-refractivity contribution >= 4 is 33.3 Å². The highest BCUT2D eigenvalue weighted by Crippen LogP contribution is 2.31. The van der Waals surface area contributed by atoms with Gasteiger partial charge in [0.2, 0.25) is 0 Å². The molecule has 1 atom stereocenters. The number of likely N-dealkylation sites (tertiary alicyclic amines) is 1. The number of ether oxygens (including phenoxy) is 1. The van der Waals surface area contributed by atoms with E-state index in [0.717, 1.165) is 36.0 Å². The summed E-state index contributed by atoms with van der Waals surface area (Å²) in [5.41, 5.74) is 2.96. The largest absolute Gasteiger partial charge is 0.444 e. The van der Waals surface area contributed by atoms with Crippen molar-refractivity contribution in [3.8, 4) is 0 Å². The maximum Gasteiger partial charge on any atom is 0.410 e. The van der Waals surface area contributed by atoms with E-state index in [9.17, 15) is 4.79 Å². The van der Waals surface area contributed by atoms with Crippen LogP contribution in [0.25, 0.3) is 5.57 Å². The average molecular weight is 391 g/mol. The van der Waals surface area contributed by atoms with Gasteiger partial charge in [0.15, 0.2) is 0 Å². The summed E-state index contributed by atoms with van der Waals surface area (Å²) in [5, 5.41) is 0. The van der Waals surface area contributed by atoms with Gasteiger partial charge >= 0.3 is 6.09 Å². The lowest BCUT2D eigenvalue weighted by molar-refractivity contribution is 0.0265. The molecule has 2 heterocycles. The number of carbonyl (C=O) groups excluding carboxylic acids is 1. The van der Waals surface area contributed by atoms with Crippen LogP contribution in [-0.4, -0.2) is 34.9 Å². The summed E-state index contributed by atoms with van der Waals surface area (Å²) in [6, 6.07) is 8.30. The minimum Gasteiger partial charge on any atom is -0.444 e. The molecule has 1 aromatic rings. The minimum absolute atomic E-state index is 0.0563. The molecule has 2 aliphatic rings. The summed E-state index contributed by atoms with van der Waals surface area (Å²) in [7, 11) is 0. The van der Waals surface area contributed by atoms with Crippen LogP contribution in [0.3, 0.4) is 0 Å². The molecule has 0 aliphatic carbocycles. The zero-order chi connectivity index (χ0) is 17.3. The van der Waals surface area contributed by atoms with Gasteiger partial charge in [-0.25, -0.2) is 4.79 Å². The van der Waals surface area contributed by atoms with Crippen LogP contribution in [0.4, 0.5) is 4.79 Å². The molecule has 128 valence electrons. The lowest BCUT2D eigenvalue weighted by atomic mass is 9.99. The van der Waals surface area contributed by atoms with Crippen LogP contribution in [0, 0.1) is 0 Å². The van der Waals surface area contributed by atoms with Gasteiger partial charge in [0.1, 0.15) is 5.60 Å². The topological polar surface area (TPSA) is 41.9 Å². The van der Waals surface area contributed by atoms with Gasteiger partial charge < -0.3 is 4.74 Å². The number of hydrogen-bond donors (Lipinski definition) is 0. The van der Waals surface area contributed by atoms with E-state index in [4.69, 9.17) is 4.74 Å². The van der Waals surface area contributed by atoms with E-state index in [-0.39, 0.29) is 12.1 Å². The Labute approximate surface area is 151 Å². The zero-order valence-corrected chi connectivity index (χ0v) is 16.0. The third-order valence-corrected chi connectivity index (χ3v) is 4.71. The van der Waals surface area contributed by atoms with Gasteiger partial charge in [-0.05, 0) is 56.9 Å². The molecule has 4 nitrogen and oxygen atoms in total. The highest BCUT2D eigenvalue weighted by atomic mass is 79.9. The number of carbonyl (C=O) groups is 1. The van der Waals surface area contributed by atoms with Gasteiger partial charge in [0, 0.05) is 29.3 Å². The van der Waals surface area contributed by atoms with Gasteiger partial charge in [-0.3, -0.25) is 9.89 Å². The maximum absolute atomic E-state index is 12.4. The van der Waals surface area contributed by atoms with E-state index in [1.807, 2.05) is 44.0 Å². The fourth-order valence-electron chi connectivity index (χ4n) is 3.17. The van der Waals surface area contributed by atoms with Crippen LogP contribution in [0.2, 0.25) is 0 Å². The lowest BCUT2D eigenvalue weighted by Crippen LogP contribution is -2.43. The predicted molar refractivity (Wildman–Crippen MR) is 100 cm³/mol. The number of rotatable bonds is 2. The molecule has 24 heavy (non-hydrogen) atoms.